The number of aliphatic imine (C=N–C) groups is 1. The van der Waals surface area contributed by atoms with Crippen LogP contribution < -0.4 is 4.74 Å². The lowest BCUT2D eigenvalue weighted by Gasteiger charge is -2.41. The Kier molecular flexibility index (Phi) is 1.84. The molecule has 1 aliphatic carbocycles. The van der Waals surface area contributed by atoms with Crippen molar-refractivity contribution >= 4 is 16.8 Å². The maximum absolute atomic E-state index is 6.19. The third-order valence-electron chi connectivity index (χ3n) is 3.16. The molecule has 0 aromatic heterocycles. The molecule has 3 heteroatoms. The van der Waals surface area contributed by atoms with Gasteiger partial charge in [-0.15, -0.1) is 0 Å². The summed E-state index contributed by atoms with van der Waals surface area (Å²) in [6.45, 7) is 2.04. The van der Waals surface area contributed by atoms with Gasteiger partial charge in [0.2, 0.25) is 5.72 Å². The van der Waals surface area contributed by atoms with Crippen LogP contribution in [0.1, 0.15) is 30.4 Å². The molecule has 0 amide bonds. The molecule has 1 spiro atoms. The average Bonchev–Trinajstić information content (AvgIpc) is 2.17. The predicted octanol–water partition coefficient (Wildman–Crippen LogP) is 3.25. The quantitative estimate of drug-likeness (QED) is 0.659. The molecule has 1 aliphatic heterocycles. The van der Waals surface area contributed by atoms with Gasteiger partial charge in [-0.1, -0.05) is 23.7 Å². The van der Waals surface area contributed by atoms with Crippen LogP contribution in [-0.2, 0) is 0 Å². The first-order valence-corrected chi connectivity index (χ1v) is 5.62. The van der Waals surface area contributed by atoms with E-state index in [0.717, 1.165) is 29.7 Å². The van der Waals surface area contributed by atoms with E-state index in [9.17, 15) is 0 Å². The van der Waals surface area contributed by atoms with Crippen molar-refractivity contribution in [2.75, 3.05) is 0 Å². The average molecular weight is 222 g/mol. The molecule has 0 radical (unpaired) electrons. The monoisotopic (exact) mass is 221 g/mol. The SMILES string of the molecule is Cc1cccc2c1OC1(CCC1)N=C2Cl. The minimum Gasteiger partial charge on any atom is -0.465 e. The molecule has 1 heterocycles. The predicted molar refractivity (Wildman–Crippen MR) is 60.8 cm³/mol. The Bertz CT molecular complexity index is 449. The number of hydrogen-bond acceptors (Lipinski definition) is 2. The molecule has 15 heavy (non-hydrogen) atoms. The molecule has 0 atom stereocenters. The maximum Gasteiger partial charge on any atom is 0.201 e. The fourth-order valence-electron chi connectivity index (χ4n) is 2.10. The van der Waals surface area contributed by atoms with E-state index < -0.39 is 0 Å². The molecule has 0 N–H and O–H groups in total. The zero-order valence-corrected chi connectivity index (χ0v) is 9.34. The molecule has 0 saturated heterocycles. The van der Waals surface area contributed by atoms with Crippen molar-refractivity contribution in [3.05, 3.63) is 29.3 Å². The van der Waals surface area contributed by atoms with Crippen LogP contribution >= 0.6 is 11.6 Å². The summed E-state index contributed by atoms with van der Waals surface area (Å²) in [4.78, 5) is 4.46. The highest BCUT2D eigenvalue weighted by atomic mass is 35.5. The Hall–Kier alpha value is -1.02. The van der Waals surface area contributed by atoms with Crippen molar-refractivity contribution < 1.29 is 4.74 Å². The van der Waals surface area contributed by atoms with Crippen molar-refractivity contribution in [3.63, 3.8) is 0 Å². The van der Waals surface area contributed by atoms with Crippen LogP contribution in [0.4, 0.5) is 0 Å². The van der Waals surface area contributed by atoms with Gasteiger partial charge in [-0.2, -0.15) is 0 Å². The fraction of sp³-hybridized carbons (Fsp3) is 0.417. The molecule has 2 nitrogen and oxygen atoms in total. The zero-order chi connectivity index (χ0) is 10.5. The molecule has 3 rings (SSSR count). The van der Waals surface area contributed by atoms with Crippen LogP contribution in [0, 0.1) is 6.92 Å². The normalized spacial score (nSPS) is 21.3. The maximum atomic E-state index is 6.19. The first kappa shape index (κ1) is 9.22. The Labute approximate surface area is 93.9 Å². The van der Waals surface area contributed by atoms with Gasteiger partial charge in [-0.3, -0.25) is 0 Å². The van der Waals surface area contributed by atoms with E-state index >= 15 is 0 Å². The van der Waals surface area contributed by atoms with Gasteiger partial charge in [0.15, 0.2) is 0 Å². The summed E-state index contributed by atoms with van der Waals surface area (Å²) in [5, 5.41) is 0.597. The van der Waals surface area contributed by atoms with E-state index in [4.69, 9.17) is 16.3 Å². The summed E-state index contributed by atoms with van der Waals surface area (Å²) in [6.07, 6.45) is 3.14. The summed E-state index contributed by atoms with van der Waals surface area (Å²) in [5.74, 6) is 0.914. The van der Waals surface area contributed by atoms with Gasteiger partial charge in [-0.05, 0) is 25.0 Å². The van der Waals surface area contributed by atoms with E-state index in [0.29, 0.717) is 5.17 Å². The van der Waals surface area contributed by atoms with Gasteiger partial charge >= 0.3 is 0 Å². The van der Waals surface area contributed by atoms with Crippen molar-refractivity contribution in [3.8, 4) is 5.75 Å². The number of para-hydroxylation sites is 1. The Morgan fingerprint density at radius 3 is 2.87 bits per heavy atom. The van der Waals surface area contributed by atoms with Crippen LogP contribution in [0.5, 0.6) is 5.75 Å². The standard InChI is InChI=1S/C12H12ClNO/c1-8-4-2-5-9-10(8)15-12(6-3-7-12)14-11(9)13/h2,4-5H,3,6-7H2,1H3. The Balaban J connectivity index is 2.14. The lowest BCUT2D eigenvalue weighted by molar-refractivity contribution is -0.00176. The Morgan fingerprint density at radius 2 is 2.20 bits per heavy atom. The van der Waals surface area contributed by atoms with Crippen molar-refractivity contribution in [2.24, 2.45) is 4.99 Å². The van der Waals surface area contributed by atoms with Gasteiger partial charge in [-0.25, -0.2) is 4.99 Å². The highest BCUT2D eigenvalue weighted by Gasteiger charge is 2.42. The molecule has 0 bridgehead atoms. The number of hydrogen-bond donors (Lipinski definition) is 0. The van der Waals surface area contributed by atoms with E-state index in [1.807, 2.05) is 25.1 Å². The zero-order valence-electron chi connectivity index (χ0n) is 8.59. The number of nitrogens with zero attached hydrogens (tertiary/aromatic N) is 1. The second-order valence-electron chi connectivity index (χ2n) is 4.26. The summed E-state index contributed by atoms with van der Waals surface area (Å²) in [7, 11) is 0. The van der Waals surface area contributed by atoms with Gasteiger partial charge in [0.1, 0.15) is 10.9 Å². The molecular formula is C12H12ClNO. The second kappa shape index (κ2) is 2.99. The van der Waals surface area contributed by atoms with E-state index in [1.54, 1.807) is 0 Å². The first-order chi connectivity index (χ1) is 7.20. The van der Waals surface area contributed by atoms with Crippen molar-refractivity contribution in [2.45, 2.75) is 31.9 Å². The highest BCUT2D eigenvalue weighted by molar-refractivity contribution is 6.70. The minimum atomic E-state index is -0.337. The molecule has 1 aromatic carbocycles. The molecule has 1 fully saturated rings. The largest absolute Gasteiger partial charge is 0.465 e. The summed E-state index contributed by atoms with van der Waals surface area (Å²) >= 11 is 6.19. The number of fused-ring (bicyclic) bond motifs is 1. The van der Waals surface area contributed by atoms with E-state index in [-0.39, 0.29) is 5.72 Å². The molecular weight excluding hydrogens is 210 g/mol. The summed E-state index contributed by atoms with van der Waals surface area (Å²) < 4.78 is 5.98. The van der Waals surface area contributed by atoms with Crippen LogP contribution in [-0.4, -0.2) is 10.9 Å². The number of benzene rings is 1. The molecule has 0 unspecified atom stereocenters. The molecule has 1 saturated carbocycles. The first-order valence-electron chi connectivity index (χ1n) is 5.25. The third-order valence-corrected chi connectivity index (χ3v) is 3.45. The van der Waals surface area contributed by atoms with Crippen molar-refractivity contribution in [1.82, 2.24) is 0 Å². The Morgan fingerprint density at radius 1 is 1.40 bits per heavy atom. The lowest BCUT2D eigenvalue weighted by atomic mass is 9.87. The fourth-order valence-corrected chi connectivity index (χ4v) is 2.40. The second-order valence-corrected chi connectivity index (χ2v) is 4.61. The van der Waals surface area contributed by atoms with Gasteiger partial charge in [0.25, 0.3) is 0 Å². The van der Waals surface area contributed by atoms with Gasteiger partial charge in [0.05, 0.1) is 5.56 Å². The number of aryl methyl sites for hydroxylation is 1. The topological polar surface area (TPSA) is 21.6 Å². The van der Waals surface area contributed by atoms with E-state index in [2.05, 4.69) is 4.99 Å². The number of ether oxygens (including phenoxy) is 1. The number of rotatable bonds is 0. The molecule has 1 aromatic rings. The van der Waals surface area contributed by atoms with E-state index in [1.165, 1.54) is 6.42 Å². The summed E-state index contributed by atoms with van der Waals surface area (Å²) in [6, 6.07) is 5.98. The summed E-state index contributed by atoms with van der Waals surface area (Å²) in [5.41, 5.74) is 1.72. The van der Waals surface area contributed by atoms with Crippen LogP contribution in [0.15, 0.2) is 23.2 Å². The molecule has 78 valence electrons. The van der Waals surface area contributed by atoms with Gasteiger partial charge < -0.3 is 4.74 Å². The molecule has 2 aliphatic rings. The minimum absolute atomic E-state index is 0.337. The van der Waals surface area contributed by atoms with Gasteiger partial charge in [0, 0.05) is 12.8 Å². The van der Waals surface area contributed by atoms with Crippen LogP contribution in [0.2, 0.25) is 0 Å². The third kappa shape index (κ3) is 1.28. The van der Waals surface area contributed by atoms with Crippen LogP contribution in [0.25, 0.3) is 0 Å². The van der Waals surface area contributed by atoms with Crippen LogP contribution in [0.3, 0.4) is 0 Å². The number of halogens is 1. The smallest absolute Gasteiger partial charge is 0.201 e. The lowest BCUT2D eigenvalue weighted by Crippen LogP contribution is -2.44. The highest BCUT2D eigenvalue weighted by Crippen LogP contribution is 2.44. The van der Waals surface area contributed by atoms with Crippen molar-refractivity contribution in [1.29, 1.82) is 0 Å².